The molecule has 0 saturated carbocycles. The second kappa shape index (κ2) is 8.31. The zero-order chi connectivity index (χ0) is 17.8. The average molecular weight is 373 g/mol. The van der Waals surface area contributed by atoms with E-state index in [1.54, 1.807) is 19.1 Å². The van der Waals surface area contributed by atoms with Gasteiger partial charge in [-0.15, -0.1) is 12.4 Å². The number of ether oxygens (including phenoxy) is 1. The predicted octanol–water partition coefficient (Wildman–Crippen LogP) is 4.28. The van der Waals surface area contributed by atoms with Crippen molar-refractivity contribution in [3.8, 4) is 0 Å². The quantitative estimate of drug-likeness (QED) is 0.650. The van der Waals surface area contributed by atoms with E-state index in [0.29, 0.717) is 22.5 Å². The molecule has 0 unspecified atom stereocenters. The second-order valence-corrected chi connectivity index (χ2v) is 5.30. The number of benzene rings is 2. The Morgan fingerprint density at radius 1 is 1.15 bits per heavy atom. The van der Waals surface area contributed by atoms with Gasteiger partial charge >= 0.3 is 11.9 Å². The van der Waals surface area contributed by atoms with Crippen molar-refractivity contribution in [1.29, 1.82) is 0 Å². The van der Waals surface area contributed by atoms with E-state index < -0.39 is 11.9 Å². The number of rotatable bonds is 5. The van der Waals surface area contributed by atoms with Gasteiger partial charge in [-0.3, -0.25) is 4.98 Å². The fraction of sp³-hybridized carbons (Fsp3) is 0.105. The average Bonchev–Trinajstić information content (AvgIpc) is 2.62. The van der Waals surface area contributed by atoms with Crippen molar-refractivity contribution in [2.75, 3.05) is 11.9 Å². The first-order valence-corrected chi connectivity index (χ1v) is 7.75. The van der Waals surface area contributed by atoms with E-state index in [-0.39, 0.29) is 24.6 Å². The van der Waals surface area contributed by atoms with E-state index in [2.05, 4.69) is 10.3 Å². The third-order valence-corrected chi connectivity index (χ3v) is 3.65. The Hall–Kier alpha value is -3.12. The molecule has 134 valence electrons. The Labute approximate surface area is 156 Å². The normalized spacial score (nSPS) is 10.0. The van der Waals surface area contributed by atoms with Crippen LogP contribution in [0.25, 0.3) is 10.9 Å². The first-order chi connectivity index (χ1) is 12.1. The van der Waals surface area contributed by atoms with Crippen LogP contribution in [0.1, 0.15) is 27.6 Å². The summed E-state index contributed by atoms with van der Waals surface area (Å²) in [5, 5.41) is 13.0. The van der Waals surface area contributed by atoms with Crippen LogP contribution in [0.5, 0.6) is 0 Å². The number of esters is 1. The lowest BCUT2D eigenvalue weighted by Crippen LogP contribution is -2.09. The summed E-state index contributed by atoms with van der Waals surface area (Å²) in [7, 11) is 0. The van der Waals surface area contributed by atoms with Crippen LogP contribution in [0.2, 0.25) is 0 Å². The van der Waals surface area contributed by atoms with Gasteiger partial charge in [0.25, 0.3) is 0 Å². The first kappa shape index (κ1) is 19.2. The maximum absolute atomic E-state index is 12.3. The number of anilines is 2. The molecular formula is C19H17ClN2O4. The lowest BCUT2D eigenvalue weighted by molar-refractivity contribution is 0.0526. The molecule has 3 aromatic rings. The number of pyridine rings is 1. The third-order valence-electron chi connectivity index (χ3n) is 3.65. The van der Waals surface area contributed by atoms with Gasteiger partial charge in [-0.25, -0.2) is 9.59 Å². The smallest absolute Gasteiger partial charge is 0.341 e. The number of carboxylic acid groups (broad SMARTS) is 1. The number of carboxylic acids is 1. The number of carbonyl (C=O) groups excluding carboxylic acids is 1. The van der Waals surface area contributed by atoms with Gasteiger partial charge in [0.15, 0.2) is 0 Å². The highest BCUT2D eigenvalue weighted by molar-refractivity contribution is 6.06. The topological polar surface area (TPSA) is 88.5 Å². The minimum Gasteiger partial charge on any atom is -0.478 e. The van der Waals surface area contributed by atoms with Gasteiger partial charge in [0.2, 0.25) is 0 Å². The Bertz CT molecular complexity index is 959. The Morgan fingerprint density at radius 3 is 2.65 bits per heavy atom. The number of para-hydroxylation sites is 1. The van der Waals surface area contributed by atoms with Gasteiger partial charge in [-0.1, -0.05) is 24.3 Å². The number of carbonyl (C=O) groups is 2. The molecule has 0 radical (unpaired) electrons. The van der Waals surface area contributed by atoms with Crippen LogP contribution >= 0.6 is 12.4 Å². The monoisotopic (exact) mass is 372 g/mol. The van der Waals surface area contributed by atoms with Crippen molar-refractivity contribution in [3.05, 3.63) is 65.9 Å². The lowest BCUT2D eigenvalue weighted by Gasteiger charge is -2.14. The molecule has 26 heavy (non-hydrogen) atoms. The molecule has 0 aliphatic carbocycles. The van der Waals surface area contributed by atoms with E-state index >= 15 is 0 Å². The fourth-order valence-electron chi connectivity index (χ4n) is 2.51. The Balaban J connectivity index is 0.00000243. The fourth-order valence-corrected chi connectivity index (χ4v) is 2.51. The molecule has 0 fully saturated rings. The van der Waals surface area contributed by atoms with Crippen molar-refractivity contribution >= 4 is 46.6 Å². The molecule has 7 heteroatoms. The van der Waals surface area contributed by atoms with E-state index in [1.165, 1.54) is 18.3 Å². The van der Waals surface area contributed by atoms with Gasteiger partial charge in [0.1, 0.15) is 5.56 Å². The summed E-state index contributed by atoms with van der Waals surface area (Å²) in [4.78, 5) is 27.7. The predicted molar refractivity (Wildman–Crippen MR) is 102 cm³/mol. The summed E-state index contributed by atoms with van der Waals surface area (Å²) in [6.07, 6.45) is 1.46. The summed E-state index contributed by atoms with van der Waals surface area (Å²) in [6, 6.07) is 13.8. The highest BCUT2D eigenvalue weighted by Gasteiger charge is 2.17. The molecular weight excluding hydrogens is 356 g/mol. The standard InChI is InChI=1S/C19H16N2O4.ClH/c1-2-25-19(24)15-11-20-16-9-4-3-8-14(16)17(15)21-13-7-5-6-12(10-13)18(22)23;/h3-11H,2H2,1H3,(H,20,21)(H,22,23);1H. The number of hydrogen-bond donors (Lipinski definition) is 2. The molecule has 2 aromatic carbocycles. The van der Waals surface area contributed by atoms with Crippen molar-refractivity contribution in [2.24, 2.45) is 0 Å². The van der Waals surface area contributed by atoms with Crippen molar-refractivity contribution < 1.29 is 19.4 Å². The molecule has 0 aliphatic heterocycles. The molecule has 3 rings (SSSR count). The van der Waals surface area contributed by atoms with E-state index in [4.69, 9.17) is 9.84 Å². The molecule has 1 aromatic heterocycles. The van der Waals surface area contributed by atoms with E-state index in [9.17, 15) is 9.59 Å². The maximum Gasteiger partial charge on any atom is 0.341 e. The number of nitrogens with zero attached hydrogens (tertiary/aromatic N) is 1. The summed E-state index contributed by atoms with van der Waals surface area (Å²) in [5.41, 5.74) is 2.25. The summed E-state index contributed by atoms with van der Waals surface area (Å²) < 4.78 is 5.10. The van der Waals surface area contributed by atoms with Crippen molar-refractivity contribution in [1.82, 2.24) is 4.98 Å². The molecule has 0 amide bonds. The number of aromatic nitrogens is 1. The van der Waals surface area contributed by atoms with Crippen LogP contribution in [0.4, 0.5) is 11.4 Å². The van der Waals surface area contributed by atoms with Crippen LogP contribution in [0, 0.1) is 0 Å². The van der Waals surface area contributed by atoms with Crippen LogP contribution in [-0.2, 0) is 4.74 Å². The maximum atomic E-state index is 12.3. The van der Waals surface area contributed by atoms with Gasteiger partial charge in [-0.2, -0.15) is 0 Å². The Kier molecular flexibility index (Phi) is 6.14. The number of halogens is 1. The number of hydrogen-bond acceptors (Lipinski definition) is 5. The highest BCUT2D eigenvalue weighted by atomic mass is 35.5. The van der Waals surface area contributed by atoms with E-state index in [1.807, 2.05) is 24.3 Å². The number of nitrogens with one attached hydrogen (secondary N) is 1. The van der Waals surface area contributed by atoms with E-state index in [0.717, 1.165) is 5.39 Å². The first-order valence-electron chi connectivity index (χ1n) is 7.75. The molecule has 0 spiro atoms. The molecule has 0 atom stereocenters. The van der Waals surface area contributed by atoms with Crippen LogP contribution in [0.3, 0.4) is 0 Å². The van der Waals surface area contributed by atoms with Crippen LogP contribution < -0.4 is 5.32 Å². The van der Waals surface area contributed by atoms with Gasteiger partial charge in [-0.05, 0) is 31.2 Å². The third kappa shape index (κ3) is 3.92. The van der Waals surface area contributed by atoms with Crippen molar-refractivity contribution in [3.63, 3.8) is 0 Å². The van der Waals surface area contributed by atoms with Crippen LogP contribution in [-0.4, -0.2) is 28.6 Å². The largest absolute Gasteiger partial charge is 0.478 e. The summed E-state index contributed by atoms with van der Waals surface area (Å²) >= 11 is 0. The Morgan fingerprint density at radius 2 is 1.92 bits per heavy atom. The summed E-state index contributed by atoms with van der Waals surface area (Å²) in [6.45, 7) is 1.98. The zero-order valence-electron chi connectivity index (χ0n) is 13.9. The van der Waals surface area contributed by atoms with Crippen molar-refractivity contribution in [2.45, 2.75) is 6.92 Å². The van der Waals surface area contributed by atoms with Gasteiger partial charge < -0.3 is 15.2 Å². The SMILES string of the molecule is CCOC(=O)c1cnc2ccccc2c1Nc1cccc(C(=O)O)c1.Cl. The second-order valence-electron chi connectivity index (χ2n) is 5.30. The molecule has 0 saturated heterocycles. The van der Waals surface area contributed by atoms with Crippen LogP contribution in [0.15, 0.2) is 54.7 Å². The van der Waals surface area contributed by atoms with Gasteiger partial charge in [0, 0.05) is 17.3 Å². The summed E-state index contributed by atoms with van der Waals surface area (Å²) in [5.74, 6) is -1.51. The minimum absolute atomic E-state index is 0. The zero-order valence-corrected chi connectivity index (χ0v) is 14.7. The number of aromatic carboxylic acids is 1. The molecule has 0 aliphatic rings. The number of fused-ring (bicyclic) bond motifs is 1. The van der Waals surface area contributed by atoms with Gasteiger partial charge in [0.05, 0.1) is 23.4 Å². The lowest BCUT2D eigenvalue weighted by atomic mass is 10.1. The molecule has 6 nitrogen and oxygen atoms in total. The molecule has 0 bridgehead atoms. The minimum atomic E-state index is -1.02. The molecule has 1 heterocycles. The highest BCUT2D eigenvalue weighted by Crippen LogP contribution is 2.30. The molecule has 2 N–H and O–H groups in total.